The average molecular weight is 564 g/mol. The lowest BCUT2D eigenvalue weighted by molar-refractivity contribution is -0.00357. The van der Waals surface area contributed by atoms with Crippen LogP contribution >= 0.6 is 34.8 Å². The molecule has 0 aliphatic carbocycles. The van der Waals surface area contributed by atoms with Crippen molar-refractivity contribution >= 4 is 40.5 Å². The normalized spacial score (nSPS) is 12.7. The van der Waals surface area contributed by atoms with Crippen LogP contribution in [0.2, 0.25) is 5.02 Å². The molecular formula is C26H37Cl3N2O5. The van der Waals surface area contributed by atoms with Gasteiger partial charge in [0, 0.05) is 17.9 Å². The Bertz CT molecular complexity index is 891. The van der Waals surface area contributed by atoms with Crippen LogP contribution in [0.25, 0.3) is 0 Å². The molecule has 0 spiro atoms. The number of anilines is 1. The monoisotopic (exact) mass is 562 g/mol. The highest BCUT2D eigenvalue weighted by atomic mass is 35.5. The van der Waals surface area contributed by atoms with Crippen LogP contribution in [0.5, 0.6) is 5.88 Å². The van der Waals surface area contributed by atoms with Crippen molar-refractivity contribution in [3.63, 3.8) is 0 Å². The summed E-state index contributed by atoms with van der Waals surface area (Å²) >= 11 is 19.6. The molecule has 1 heterocycles. The van der Waals surface area contributed by atoms with Crippen LogP contribution in [-0.2, 0) is 18.9 Å². The van der Waals surface area contributed by atoms with Gasteiger partial charge in [0.25, 0.3) is 0 Å². The topological polar surface area (TPSA) is 62.3 Å². The molecule has 0 N–H and O–H groups in total. The van der Waals surface area contributed by atoms with Gasteiger partial charge in [0.15, 0.2) is 0 Å². The van der Waals surface area contributed by atoms with E-state index in [2.05, 4.69) is 11.6 Å². The molecule has 1 aromatic rings. The molecule has 1 rings (SSSR count). The fourth-order valence-electron chi connectivity index (χ4n) is 2.86. The predicted octanol–water partition coefficient (Wildman–Crippen LogP) is 6.63. The van der Waals surface area contributed by atoms with Crippen LogP contribution in [0.3, 0.4) is 0 Å². The molecule has 0 aliphatic heterocycles. The third-order valence-corrected chi connectivity index (χ3v) is 5.80. The van der Waals surface area contributed by atoms with Gasteiger partial charge in [0.05, 0.1) is 68.2 Å². The molecule has 7 nitrogen and oxygen atoms in total. The first-order valence-electron chi connectivity index (χ1n) is 11.7. The lowest BCUT2D eigenvalue weighted by atomic mass is 10.2. The fourth-order valence-corrected chi connectivity index (χ4v) is 3.57. The number of hydrogen-bond donors (Lipinski definition) is 0. The van der Waals surface area contributed by atoms with E-state index in [0.717, 1.165) is 5.70 Å². The highest BCUT2D eigenvalue weighted by Crippen LogP contribution is 2.40. The summed E-state index contributed by atoms with van der Waals surface area (Å²) in [4.78, 5) is 6.09. The lowest BCUT2D eigenvalue weighted by Crippen LogP contribution is -2.20. The Labute approximate surface area is 230 Å². The van der Waals surface area contributed by atoms with E-state index in [4.69, 9.17) is 58.5 Å². The van der Waals surface area contributed by atoms with E-state index in [1.807, 2.05) is 33.8 Å². The second-order valence-corrected chi connectivity index (χ2v) is 8.44. The maximum absolute atomic E-state index is 6.65. The van der Waals surface area contributed by atoms with E-state index < -0.39 is 0 Å². The number of rotatable bonds is 19. The summed E-state index contributed by atoms with van der Waals surface area (Å²) in [6.07, 6.45) is 8.41. The standard InChI is InChI=1S/C26H37Cl3N2O5/c1-6-9-10-22(27)25(29)31(20(4)7-2)24-21(5)26(30-19-23(24)28)36-18-17-35-16-15-34-14-13-33-12-11-32-8-3/h6-7,9-10,19H,1,8,11-18H2,2-5H3/b10-9-,20-7-,25-22-. The minimum absolute atomic E-state index is 0.288. The van der Waals surface area contributed by atoms with Crippen molar-refractivity contribution < 1.29 is 23.7 Å². The van der Waals surface area contributed by atoms with Gasteiger partial charge >= 0.3 is 0 Å². The SMILES string of the molecule is C=C/C=C\C(Cl)=C(/Cl)N(/C(C)=C\C)c1c(Cl)cnc(OCCOCCOCCOCCOCC)c1C. The zero-order chi connectivity index (χ0) is 26.8. The minimum Gasteiger partial charge on any atom is -0.475 e. The molecule has 0 aliphatic rings. The van der Waals surface area contributed by atoms with E-state index in [9.17, 15) is 0 Å². The largest absolute Gasteiger partial charge is 0.475 e. The van der Waals surface area contributed by atoms with Gasteiger partial charge in [0.2, 0.25) is 5.88 Å². The fraction of sp³-hybridized carbons (Fsp3) is 0.500. The third-order valence-electron chi connectivity index (χ3n) is 4.75. The zero-order valence-electron chi connectivity index (χ0n) is 21.5. The molecular weight excluding hydrogens is 527 g/mol. The van der Waals surface area contributed by atoms with Gasteiger partial charge in [0.1, 0.15) is 11.8 Å². The molecule has 0 saturated heterocycles. The number of pyridine rings is 1. The van der Waals surface area contributed by atoms with Crippen LogP contribution in [0, 0.1) is 6.92 Å². The first kappa shape index (κ1) is 32.4. The number of aromatic nitrogens is 1. The Balaban J connectivity index is 2.65. The van der Waals surface area contributed by atoms with Gasteiger partial charge in [-0.3, -0.25) is 0 Å². The van der Waals surface area contributed by atoms with E-state index in [1.165, 1.54) is 6.20 Å². The Morgan fingerprint density at radius 1 is 1.00 bits per heavy atom. The quantitative estimate of drug-likeness (QED) is 0.106. The lowest BCUT2D eigenvalue weighted by Gasteiger charge is -2.28. The summed E-state index contributed by atoms with van der Waals surface area (Å²) in [5.41, 5.74) is 2.17. The van der Waals surface area contributed by atoms with Crippen molar-refractivity contribution in [3.8, 4) is 5.88 Å². The van der Waals surface area contributed by atoms with Crippen LogP contribution < -0.4 is 9.64 Å². The Morgan fingerprint density at radius 3 is 2.08 bits per heavy atom. The summed E-state index contributed by atoms with van der Waals surface area (Å²) < 4.78 is 27.5. The van der Waals surface area contributed by atoms with Gasteiger partial charge in [-0.1, -0.05) is 59.6 Å². The highest BCUT2D eigenvalue weighted by Gasteiger charge is 2.23. The Kier molecular flexibility index (Phi) is 17.6. The minimum atomic E-state index is 0.288. The predicted molar refractivity (Wildman–Crippen MR) is 148 cm³/mol. The van der Waals surface area contributed by atoms with Gasteiger partial charge in [-0.05, 0) is 33.8 Å². The summed E-state index contributed by atoms with van der Waals surface area (Å²) in [6.45, 7) is 15.8. The molecule has 0 bridgehead atoms. The average Bonchev–Trinajstić information content (AvgIpc) is 2.88. The highest BCUT2D eigenvalue weighted by molar-refractivity contribution is 6.42. The smallest absolute Gasteiger partial charge is 0.218 e. The van der Waals surface area contributed by atoms with Crippen LogP contribution in [0.1, 0.15) is 26.3 Å². The van der Waals surface area contributed by atoms with Crippen LogP contribution in [0.4, 0.5) is 5.69 Å². The molecule has 10 heteroatoms. The van der Waals surface area contributed by atoms with Gasteiger partial charge in [-0.25, -0.2) is 4.98 Å². The van der Waals surface area contributed by atoms with Crippen molar-refractivity contribution in [3.05, 3.63) is 63.6 Å². The van der Waals surface area contributed by atoms with Crippen molar-refractivity contribution in [2.45, 2.75) is 27.7 Å². The van der Waals surface area contributed by atoms with Crippen molar-refractivity contribution in [1.29, 1.82) is 0 Å². The summed E-state index contributed by atoms with van der Waals surface area (Å²) in [7, 11) is 0. The molecule has 0 amide bonds. The van der Waals surface area contributed by atoms with Crippen LogP contribution in [0.15, 0.2) is 53.0 Å². The van der Waals surface area contributed by atoms with Crippen molar-refractivity contribution in [2.24, 2.45) is 0 Å². The summed E-state index contributed by atoms with van der Waals surface area (Å²) in [6, 6.07) is 0. The molecule has 0 fully saturated rings. The van der Waals surface area contributed by atoms with E-state index in [0.29, 0.717) is 86.6 Å². The first-order valence-corrected chi connectivity index (χ1v) is 12.9. The molecule has 0 atom stereocenters. The molecule has 36 heavy (non-hydrogen) atoms. The van der Waals surface area contributed by atoms with Crippen molar-refractivity contribution in [2.75, 3.05) is 64.4 Å². The molecule has 202 valence electrons. The summed E-state index contributed by atoms with van der Waals surface area (Å²) in [5, 5.41) is 1.03. The van der Waals surface area contributed by atoms with E-state index in [1.54, 1.807) is 23.1 Å². The number of hydrogen-bond acceptors (Lipinski definition) is 7. The van der Waals surface area contributed by atoms with Crippen molar-refractivity contribution in [1.82, 2.24) is 4.98 Å². The maximum atomic E-state index is 6.65. The number of ether oxygens (including phenoxy) is 5. The van der Waals surface area contributed by atoms with Gasteiger partial charge in [-0.2, -0.15) is 0 Å². The number of allylic oxidation sites excluding steroid dienone is 6. The summed E-state index contributed by atoms with van der Waals surface area (Å²) in [5.74, 6) is 0.426. The first-order chi connectivity index (χ1) is 17.4. The molecule has 0 unspecified atom stereocenters. The van der Waals surface area contributed by atoms with Gasteiger partial charge < -0.3 is 28.6 Å². The Hall–Kier alpha value is -1.58. The third kappa shape index (κ3) is 11.6. The van der Waals surface area contributed by atoms with E-state index in [-0.39, 0.29) is 5.16 Å². The second-order valence-electron chi connectivity index (χ2n) is 7.27. The number of nitrogens with zero attached hydrogens (tertiary/aromatic N) is 2. The van der Waals surface area contributed by atoms with E-state index >= 15 is 0 Å². The Morgan fingerprint density at radius 2 is 1.56 bits per heavy atom. The number of halogens is 3. The molecule has 0 saturated carbocycles. The molecule has 0 radical (unpaired) electrons. The maximum Gasteiger partial charge on any atom is 0.218 e. The molecule has 0 aromatic carbocycles. The molecule has 1 aromatic heterocycles. The van der Waals surface area contributed by atoms with Gasteiger partial charge in [-0.15, -0.1) is 0 Å². The second kappa shape index (κ2) is 19.5. The zero-order valence-corrected chi connectivity index (χ0v) is 23.8. The van der Waals surface area contributed by atoms with Crippen LogP contribution in [-0.4, -0.2) is 64.4 Å².